The van der Waals surface area contributed by atoms with E-state index < -0.39 is 5.60 Å². The SMILES string of the molecule is CCc1ccc(CC2(O)CCc3c(F)cccc32)s1. The van der Waals surface area contributed by atoms with Crippen molar-refractivity contribution in [2.75, 3.05) is 0 Å². The van der Waals surface area contributed by atoms with Gasteiger partial charge in [0.1, 0.15) is 5.82 Å². The van der Waals surface area contributed by atoms with Gasteiger partial charge in [0.05, 0.1) is 5.60 Å². The summed E-state index contributed by atoms with van der Waals surface area (Å²) in [5.74, 6) is -0.186. The van der Waals surface area contributed by atoms with E-state index in [0.717, 1.165) is 12.0 Å². The van der Waals surface area contributed by atoms with Crippen molar-refractivity contribution in [1.29, 1.82) is 0 Å². The zero-order chi connectivity index (χ0) is 13.5. The molecule has 0 aliphatic heterocycles. The Hall–Kier alpha value is -1.19. The Morgan fingerprint density at radius 2 is 2.05 bits per heavy atom. The maximum Gasteiger partial charge on any atom is 0.126 e. The van der Waals surface area contributed by atoms with Gasteiger partial charge in [-0.25, -0.2) is 4.39 Å². The van der Waals surface area contributed by atoms with Crippen LogP contribution < -0.4 is 0 Å². The van der Waals surface area contributed by atoms with Gasteiger partial charge in [-0.05, 0) is 48.6 Å². The third kappa shape index (κ3) is 2.21. The van der Waals surface area contributed by atoms with Crippen LogP contribution >= 0.6 is 11.3 Å². The van der Waals surface area contributed by atoms with Gasteiger partial charge in [-0.2, -0.15) is 0 Å². The Morgan fingerprint density at radius 1 is 1.26 bits per heavy atom. The minimum Gasteiger partial charge on any atom is -0.385 e. The van der Waals surface area contributed by atoms with Crippen LogP contribution in [0.4, 0.5) is 4.39 Å². The van der Waals surface area contributed by atoms with E-state index in [1.54, 1.807) is 17.4 Å². The van der Waals surface area contributed by atoms with E-state index in [4.69, 9.17) is 0 Å². The molecule has 1 unspecified atom stereocenters. The van der Waals surface area contributed by atoms with Crippen molar-refractivity contribution < 1.29 is 9.50 Å². The highest BCUT2D eigenvalue weighted by atomic mass is 32.1. The average molecular weight is 276 g/mol. The first-order valence-electron chi connectivity index (χ1n) is 6.70. The Balaban J connectivity index is 1.92. The van der Waals surface area contributed by atoms with E-state index in [1.165, 1.54) is 15.8 Å². The van der Waals surface area contributed by atoms with Crippen molar-refractivity contribution in [2.24, 2.45) is 0 Å². The summed E-state index contributed by atoms with van der Waals surface area (Å²) in [5.41, 5.74) is 0.573. The molecule has 1 atom stereocenters. The number of aliphatic hydroxyl groups is 1. The van der Waals surface area contributed by atoms with Crippen LogP contribution in [0.2, 0.25) is 0 Å². The molecule has 1 heterocycles. The van der Waals surface area contributed by atoms with Crippen LogP contribution in [0.15, 0.2) is 30.3 Å². The third-order valence-electron chi connectivity index (χ3n) is 3.94. The lowest BCUT2D eigenvalue weighted by atomic mass is 9.91. The van der Waals surface area contributed by atoms with Gasteiger partial charge in [-0.3, -0.25) is 0 Å². The molecule has 0 bridgehead atoms. The fourth-order valence-electron chi connectivity index (χ4n) is 2.89. The van der Waals surface area contributed by atoms with Crippen molar-refractivity contribution in [1.82, 2.24) is 0 Å². The van der Waals surface area contributed by atoms with Crippen LogP contribution in [0.5, 0.6) is 0 Å². The number of hydrogen-bond donors (Lipinski definition) is 1. The fourth-order valence-corrected chi connectivity index (χ4v) is 3.96. The maximum absolute atomic E-state index is 13.7. The summed E-state index contributed by atoms with van der Waals surface area (Å²) >= 11 is 1.74. The maximum atomic E-state index is 13.7. The summed E-state index contributed by atoms with van der Waals surface area (Å²) in [4.78, 5) is 2.51. The van der Waals surface area contributed by atoms with Gasteiger partial charge in [-0.1, -0.05) is 19.1 Å². The van der Waals surface area contributed by atoms with E-state index in [1.807, 2.05) is 6.07 Å². The number of aryl methyl sites for hydroxylation is 1. The van der Waals surface area contributed by atoms with Crippen LogP contribution in [0.25, 0.3) is 0 Å². The summed E-state index contributed by atoms with van der Waals surface area (Å²) in [6, 6.07) is 9.23. The van der Waals surface area contributed by atoms with Crippen molar-refractivity contribution in [3.8, 4) is 0 Å². The van der Waals surface area contributed by atoms with Crippen LogP contribution in [0, 0.1) is 5.82 Å². The van der Waals surface area contributed by atoms with Gasteiger partial charge in [0.2, 0.25) is 0 Å². The first kappa shape index (κ1) is 12.8. The molecule has 0 fully saturated rings. The van der Waals surface area contributed by atoms with Crippen molar-refractivity contribution >= 4 is 11.3 Å². The molecule has 3 heteroatoms. The molecule has 0 spiro atoms. The monoisotopic (exact) mass is 276 g/mol. The minimum atomic E-state index is -0.896. The largest absolute Gasteiger partial charge is 0.385 e. The van der Waals surface area contributed by atoms with Gasteiger partial charge in [-0.15, -0.1) is 11.3 Å². The second kappa shape index (κ2) is 4.73. The van der Waals surface area contributed by atoms with Gasteiger partial charge in [0.15, 0.2) is 0 Å². The molecule has 3 rings (SSSR count). The number of hydrogen-bond acceptors (Lipinski definition) is 2. The summed E-state index contributed by atoms with van der Waals surface area (Å²) in [7, 11) is 0. The van der Waals surface area contributed by atoms with Crippen LogP contribution in [-0.4, -0.2) is 5.11 Å². The molecule has 1 aliphatic carbocycles. The Bertz CT molecular complexity index is 605. The van der Waals surface area contributed by atoms with Gasteiger partial charge < -0.3 is 5.11 Å². The Kier molecular flexibility index (Phi) is 3.19. The first-order chi connectivity index (χ1) is 9.12. The van der Waals surface area contributed by atoms with E-state index in [9.17, 15) is 9.50 Å². The molecule has 0 radical (unpaired) electrons. The zero-order valence-corrected chi connectivity index (χ0v) is 11.8. The zero-order valence-electron chi connectivity index (χ0n) is 10.9. The fraction of sp³-hybridized carbons (Fsp3) is 0.375. The summed E-state index contributed by atoms with van der Waals surface area (Å²) in [6.45, 7) is 2.13. The standard InChI is InChI=1S/C16H17FOS/c1-2-11-6-7-12(19-11)10-16(18)9-8-13-14(16)4-3-5-15(13)17/h3-7,18H,2,8-10H2,1H3. The second-order valence-corrected chi connectivity index (χ2v) is 6.45. The molecule has 0 saturated heterocycles. The summed E-state index contributed by atoms with van der Waals surface area (Å²) in [5, 5.41) is 10.8. The van der Waals surface area contributed by atoms with Crippen LogP contribution in [-0.2, 0) is 24.9 Å². The third-order valence-corrected chi connectivity index (χ3v) is 5.17. The molecule has 0 saturated carbocycles. The number of rotatable bonds is 3. The normalized spacial score (nSPS) is 21.6. The van der Waals surface area contributed by atoms with Gasteiger partial charge >= 0.3 is 0 Å². The highest BCUT2D eigenvalue weighted by Gasteiger charge is 2.38. The van der Waals surface area contributed by atoms with Gasteiger partial charge in [0.25, 0.3) is 0 Å². The van der Waals surface area contributed by atoms with Gasteiger partial charge in [0, 0.05) is 16.2 Å². The predicted octanol–water partition coefficient (Wildman–Crippen LogP) is 3.83. The van der Waals surface area contributed by atoms with E-state index in [-0.39, 0.29) is 5.82 Å². The Labute approximate surface area is 116 Å². The van der Waals surface area contributed by atoms with Crippen LogP contribution in [0.1, 0.15) is 34.2 Å². The topological polar surface area (TPSA) is 20.2 Å². The number of halogens is 1. The first-order valence-corrected chi connectivity index (χ1v) is 7.52. The smallest absolute Gasteiger partial charge is 0.126 e. The average Bonchev–Trinajstić information content (AvgIpc) is 2.97. The highest BCUT2D eigenvalue weighted by molar-refractivity contribution is 7.12. The predicted molar refractivity (Wildman–Crippen MR) is 76.0 cm³/mol. The molecule has 0 amide bonds. The minimum absolute atomic E-state index is 0.186. The molecule has 2 aromatic rings. The number of thiophene rings is 1. The highest BCUT2D eigenvalue weighted by Crippen LogP contribution is 2.41. The molecule has 1 aromatic heterocycles. The summed E-state index contributed by atoms with van der Waals surface area (Å²) in [6.07, 6.45) is 2.86. The van der Waals surface area contributed by atoms with Crippen molar-refractivity contribution in [2.45, 2.75) is 38.2 Å². The molecular weight excluding hydrogens is 259 g/mol. The van der Waals surface area contributed by atoms with E-state index in [2.05, 4.69) is 19.1 Å². The summed E-state index contributed by atoms with van der Waals surface area (Å²) < 4.78 is 13.7. The number of fused-ring (bicyclic) bond motifs is 1. The van der Waals surface area contributed by atoms with Crippen molar-refractivity contribution in [3.05, 3.63) is 57.0 Å². The molecule has 1 aliphatic rings. The lowest BCUT2D eigenvalue weighted by Crippen LogP contribution is -2.24. The molecule has 100 valence electrons. The molecule has 1 N–H and O–H groups in total. The number of benzene rings is 1. The molecule has 1 aromatic carbocycles. The lowest BCUT2D eigenvalue weighted by molar-refractivity contribution is 0.0397. The second-order valence-electron chi connectivity index (χ2n) is 5.20. The Morgan fingerprint density at radius 3 is 2.79 bits per heavy atom. The van der Waals surface area contributed by atoms with Crippen molar-refractivity contribution in [3.63, 3.8) is 0 Å². The quantitative estimate of drug-likeness (QED) is 0.903. The molecular formula is C16H17FOS. The van der Waals surface area contributed by atoms with E-state index >= 15 is 0 Å². The molecule has 1 nitrogen and oxygen atoms in total. The van der Waals surface area contributed by atoms with Crippen LogP contribution in [0.3, 0.4) is 0 Å². The lowest BCUT2D eigenvalue weighted by Gasteiger charge is -2.23. The van der Waals surface area contributed by atoms with E-state index in [0.29, 0.717) is 24.8 Å². The molecule has 19 heavy (non-hydrogen) atoms.